The summed E-state index contributed by atoms with van der Waals surface area (Å²) in [5.41, 5.74) is 5.91. The molecule has 1 amide bonds. The monoisotopic (exact) mass is 230 g/mol. The molecule has 94 valence electrons. The van der Waals surface area contributed by atoms with Gasteiger partial charge in [0.1, 0.15) is 6.54 Å². The quantitative estimate of drug-likeness (QED) is 0.727. The number of hydrogen-bond acceptors (Lipinski definition) is 3. The van der Waals surface area contributed by atoms with Gasteiger partial charge in [0.15, 0.2) is 0 Å². The third kappa shape index (κ3) is 7.23. The Morgan fingerprint density at radius 1 is 1.38 bits per heavy atom. The molecule has 0 radical (unpaired) electrons. The van der Waals surface area contributed by atoms with Gasteiger partial charge < -0.3 is 15.7 Å². The number of nitrogens with two attached hydrogens (primary N) is 1. The van der Waals surface area contributed by atoms with Crippen LogP contribution in [0.5, 0.6) is 0 Å². The summed E-state index contributed by atoms with van der Waals surface area (Å²) in [6.45, 7) is 5.88. The summed E-state index contributed by atoms with van der Waals surface area (Å²) in [6, 6.07) is -0.219. The van der Waals surface area contributed by atoms with Crippen molar-refractivity contribution in [1.82, 2.24) is 4.90 Å². The average Bonchev–Trinajstić information content (AvgIpc) is 1.98. The zero-order chi connectivity index (χ0) is 12.9. The van der Waals surface area contributed by atoms with E-state index in [2.05, 4.69) is 20.8 Å². The van der Waals surface area contributed by atoms with Crippen LogP contribution in [0.3, 0.4) is 0 Å². The Hall–Kier alpha value is -1.10. The molecular weight excluding hydrogens is 208 g/mol. The van der Waals surface area contributed by atoms with Gasteiger partial charge in [-0.3, -0.25) is 9.59 Å². The van der Waals surface area contributed by atoms with E-state index >= 15 is 0 Å². The van der Waals surface area contributed by atoms with Crippen LogP contribution in [0.1, 0.15) is 33.6 Å². The fourth-order valence-corrected chi connectivity index (χ4v) is 1.53. The highest BCUT2D eigenvalue weighted by molar-refractivity contribution is 5.81. The van der Waals surface area contributed by atoms with Gasteiger partial charge in [0.05, 0.1) is 0 Å². The van der Waals surface area contributed by atoms with Gasteiger partial charge in [-0.25, -0.2) is 0 Å². The number of hydrogen-bond donors (Lipinski definition) is 2. The number of likely N-dealkylation sites (N-methyl/N-ethyl adjacent to an activating group) is 1. The van der Waals surface area contributed by atoms with Crippen molar-refractivity contribution >= 4 is 11.9 Å². The highest BCUT2D eigenvalue weighted by Gasteiger charge is 2.20. The van der Waals surface area contributed by atoms with Crippen LogP contribution >= 0.6 is 0 Å². The SMILES string of the molecule is CN(CC(=O)O)C(=O)CC(N)CC(C)(C)C. The summed E-state index contributed by atoms with van der Waals surface area (Å²) >= 11 is 0. The molecule has 0 aromatic heterocycles. The molecule has 0 bridgehead atoms. The lowest BCUT2D eigenvalue weighted by Crippen LogP contribution is -2.37. The third-order valence-corrected chi connectivity index (χ3v) is 2.11. The van der Waals surface area contributed by atoms with E-state index in [1.165, 1.54) is 11.9 Å². The second kappa shape index (κ2) is 5.84. The summed E-state index contributed by atoms with van der Waals surface area (Å²) in [6.07, 6.45) is 0.931. The minimum absolute atomic E-state index is 0.0745. The van der Waals surface area contributed by atoms with Crippen LogP contribution in [0, 0.1) is 5.41 Å². The molecule has 0 saturated heterocycles. The van der Waals surface area contributed by atoms with Gasteiger partial charge in [-0.1, -0.05) is 20.8 Å². The number of carbonyl (C=O) groups excluding carboxylic acids is 1. The molecule has 0 aliphatic carbocycles. The zero-order valence-corrected chi connectivity index (χ0v) is 10.5. The second-order valence-corrected chi connectivity index (χ2v) is 5.37. The van der Waals surface area contributed by atoms with Crippen LogP contribution in [-0.4, -0.2) is 41.5 Å². The van der Waals surface area contributed by atoms with Gasteiger partial charge in [0, 0.05) is 19.5 Å². The van der Waals surface area contributed by atoms with Crippen LogP contribution in [-0.2, 0) is 9.59 Å². The van der Waals surface area contributed by atoms with Crippen molar-refractivity contribution < 1.29 is 14.7 Å². The van der Waals surface area contributed by atoms with Gasteiger partial charge in [-0.2, -0.15) is 0 Å². The smallest absolute Gasteiger partial charge is 0.323 e. The van der Waals surface area contributed by atoms with Crippen LogP contribution in [0.2, 0.25) is 0 Å². The molecule has 0 aromatic rings. The summed E-state index contributed by atoms with van der Waals surface area (Å²) < 4.78 is 0. The van der Waals surface area contributed by atoms with Gasteiger partial charge in [-0.15, -0.1) is 0 Å². The fourth-order valence-electron chi connectivity index (χ4n) is 1.53. The van der Waals surface area contributed by atoms with Gasteiger partial charge in [-0.05, 0) is 11.8 Å². The summed E-state index contributed by atoms with van der Waals surface area (Å²) in [4.78, 5) is 23.1. The molecule has 0 fully saturated rings. The van der Waals surface area contributed by atoms with E-state index in [-0.39, 0.29) is 30.3 Å². The first-order chi connectivity index (χ1) is 7.11. The Bertz CT molecular complexity index is 258. The molecule has 3 N–H and O–H groups in total. The van der Waals surface area contributed by atoms with Crippen molar-refractivity contribution in [3.05, 3.63) is 0 Å². The van der Waals surface area contributed by atoms with Crippen molar-refractivity contribution in [1.29, 1.82) is 0 Å². The third-order valence-electron chi connectivity index (χ3n) is 2.11. The topological polar surface area (TPSA) is 83.6 Å². The van der Waals surface area contributed by atoms with Crippen LogP contribution in [0.25, 0.3) is 0 Å². The molecule has 5 heteroatoms. The van der Waals surface area contributed by atoms with E-state index in [9.17, 15) is 9.59 Å². The van der Waals surface area contributed by atoms with Crippen molar-refractivity contribution in [3.8, 4) is 0 Å². The molecule has 0 saturated carbocycles. The van der Waals surface area contributed by atoms with Crippen molar-refractivity contribution in [3.63, 3.8) is 0 Å². The summed E-state index contributed by atoms with van der Waals surface area (Å²) in [7, 11) is 1.47. The Labute approximate surface area is 96.6 Å². The maximum absolute atomic E-state index is 11.6. The minimum Gasteiger partial charge on any atom is -0.480 e. The van der Waals surface area contributed by atoms with E-state index in [1.807, 2.05) is 0 Å². The van der Waals surface area contributed by atoms with Crippen molar-refractivity contribution in [2.24, 2.45) is 11.1 Å². The molecule has 0 aliphatic rings. The molecule has 0 aliphatic heterocycles. The Morgan fingerprint density at radius 2 is 1.88 bits per heavy atom. The Morgan fingerprint density at radius 3 is 2.25 bits per heavy atom. The number of carboxylic acid groups (broad SMARTS) is 1. The predicted molar refractivity (Wildman–Crippen MR) is 61.9 cm³/mol. The van der Waals surface area contributed by atoms with Crippen LogP contribution < -0.4 is 5.73 Å². The first kappa shape index (κ1) is 14.9. The predicted octanol–water partition coefficient (Wildman–Crippen LogP) is 0.683. The van der Waals surface area contributed by atoms with Crippen molar-refractivity contribution in [2.45, 2.75) is 39.7 Å². The number of aliphatic carboxylic acids is 1. The maximum Gasteiger partial charge on any atom is 0.323 e. The normalized spacial score (nSPS) is 13.3. The molecule has 0 rings (SSSR count). The van der Waals surface area contributed by atoms with E-state index in [0.717, 1.165) is 6.42 Å². The lowest BCUT2D eigenvalue weighted by molar-refractivity contribution is -0.143. The van der Waals surface area contributed by atoms with E-state index < -0.39 is 5.97 Å². The molecule has 0 heterocycles. The van der Waals surface area contributed by atoms with E-state index in [1.54, 1.807) is 0 Å². The maximum atomic E-state index is 11.6. The van der Waals surface area contributed by atoms with Gasteiger partial charge in [0.2, 0.25) is 5.91 Å². The van der Waals surface area contributed by atoms with E-state index in [4.69, 9.17) is 10.8 Å². The Balaban J connectivity index is 4.09. The van der Waals surface area contributed by atoms with Crippen LogP contribution in [0.15, 0.2) is 0 Å². The molecule has 1 atom stereocenters. The first-order valence-electron chi connectivity index (χ1n) is 5.33. The largest absolute Gasteiger partial charge is 0.480 e. The first-order valence-corrected chi connectivity index (χ1v) is 5.33. The lowest BCUT2D eigenvalue weighted by atomic mass is 9.87. The molecule has 0 aromatic carbocycles. The van der Waals surface area contributed by atoms with Gasteiger partial charge in [0.25, 0.3) is 0 Å². The molecule has 16 heavy (non-hydrogen) atoms. The number of nitrogens with zero attached hydrogens (tertiary/aromatic N) is 1. The fraction of sp³-hybridized carbons (Fsp3) is 0.818. The molecule has 0 spiro atoms. The highest BCUT2D eigenvalue weighted by Crippen LogP contribution is 2.21. The average molecular weight is 230 g/mol. The molecule has 5 nitrogen and oxygen atoms in total. The number of rotatable bonds is 5. The summed E-state index contributed by atoms with van der Waals surface area (Å²) in [5, 5.41) is 8.53. The highest BCUT2D eigenvalue weighted by atomic mass is 16.4. The second-order valence-electron chi connectivity index (χ2n) is 5.37. The standard InChI is InChI=1S/C11H22N2O3/c1-11(2,3)6-8(12)5-9(14)13(4)7-10(15)16/h8H,5-7,12H2,1-4H3,(H,15,16). The zero-order valence-electron chi connectivity index (χ0n) is 10.5. The Kier molecular flexibility index (Phi) is 5.44. The van der Waals surface area contributed by atoms with Crippen molar-refractivity contribution in [2.75, 3.05) is 13.6 Å². The molecule has 1 unspecified atom stereocenters. The van der Waals surface area contributed by atoms with E-state index in [0.29, 0.717) is 0 Å². The number of carbonyl (C=O) groups is 2. The van der Waals surface area contributed by atoms with Crippen LogP contribution in [0.4, 0.5) is 0 Å². The van der Waals surface area contributed by atoms with Gasteiger partial charge >= 0.3 is 5.97 Å². The molecular formula is C11H22N2O3. The number of carboxylic acids is 1. The lowest BCUT2D eigenvalue weighted by Gasteiger charge is -2.24. The minimum atomic E-state index is -1.01. The summed E-state index contributed by atoms with van der Waals surface area (Å²) in [5.74, 6) is -1.24. The number of amides is 1.